The number of carbonyl (C=O) groups excluding carboxylic acids is 2. The van der Waals surface area contributed by atoms with Crippen molar-refractivity contribution in [2.75, 3.05) is 26.7 Å². The number of aromatic nitrogens is 1. The lowest BCUT2D eigenvalue weighted by Gasteiger charge is -2.18. The van der Waals surface area contributed by atoms with Gasteiger partial charge in [0, 0.05) is 38.0 Å². The second-order valence-electron chi connectivity index (χ2n) is 7.97. The molecule has 1 saturated heterocycles. The van der Waals surface area contributed by atoms with Crippen molar-refractivity contribution in [3.05, 3.63) is 27.7 Å². The Balaban J connectivity index is 1.22. The molecule has 0 radical (unpaired) electrons. The monoisotopic (exact) mass is 415 g/mol. The molecular formula is C21H29N5O2S. The van der Waals surface area contributed by atoms with Crippen molar-refractivity contribution in [2.45, 2.75) is 33.1 Å². The lowest BCUT2D eigenvalue weighted by molar-refractivity contribution is -0.140. The molecule has 0 aromatic carbocycles. The topological polar surface area (TPSA) is 86.7 Å². The van der Waals surface area contributed by atoms with Gasteiger partial charge in [0.25, 0.3) is 0 Å². The molecule has 1 saturated carbocycles. The fourth-order valence-electron chi connectivity index (χ4n) is 4.90. The highest BCUT2D eigenvalue weighted by molar-refractivity contribution is 7.11. The number of likely N-dealkylation sites (tertiary alicyclic amines) is 1. The molecule has 1 aromatic rings. The number of thiazole rings is 1. The molecule has 2 bridgehead atoms. The van der Waals surface area contributed by atoms with Crippen LogP contribution < -0.4 is 10.6 Å². The summed E-state index contributed by atoms with van der Waals surface area (Å²) in [6.45, 7) is 5.85. The van der Waals surface area contributed by atoms with Crippen LogP contribution in [0.5, 0.6) is 0 Å². The molecule has 2 amide bonds. The van der Waals surface area contributed by atoms with E-state index in [0.29, 0.717) is 19.0 Å². The Morgan fingerprint density at radius 1 is 1.21 bits per heavy atom. The van der Waals surface area contributed by atoms with Gasteiger partial charge in [-0.3, -0.25) is 19.5 Å². The van der Waals surface area contributed by atoms with Crippen LogP contribution in [-0.2, 0) is 22.4 Å². The first kappa shape index (κ1) is 20.1. The van der Waals surface area contributed by atoms with Gasteiger partial charge in [0.1, 0.15) is 0 Å². The van der Waals surface area contributed by atoms with E-state index in [2.05, 4.69) is 46.6 Å². The highest BCUT2D eigenvalue weighted by Gasteiger charge is 2.58. The number of nitrogens with one attached hydrogen (secondary N) is 2. The third kappa shape index (κ3) is 3.70. The first-order valence-corrected chi connectivity index (χ1v) is 11.3. The summed E-state index contributed by atoms with van der Waals surface area (Å²) in [4.78, 5) is 37.0. The first-order chi connectivity index (χ1) is 14.0. The van der Waals surface area contributed by atoms with Crippen LogP contribution in [0.25, 0.3) is 0 Å². The third-order valence-corrected chi connectivity index (χ3v) is 7.39. The maximum absolute atomic E-state index is 12.7. The van der Waals surface area contributed by atoms with Crippen LogP contribution in [0.3, 0.4) is 0 Å². The number of rotatable bonds is 7. The van der Waals surface area contributed by atoms with Crippen LogP contribution in [-0.4, -0.2) is 54.3 Å². The van der Waals surface area contributed by atoms with Crippen LogP contribution in [0.4, 0.5) is 0 Å². The van der Waals surface area contributed by atoms with Gasteiger partial charge in [0.15, 0.2) is 5.96 Å². The van der Waals surface area contributed by atoms with Crippen molar-refractivity contribution < 1.29 is 9.59 Å². The van der Waals surface area contributed by atoms with E-state index < -0.39 is 0 Å². The average Bonchev–Trinajstić information content (AvgIpc) is 3.46. The number of nitrogens with zero attached hydrogens (tertiary/aromatic N) is 3. The number of hydrogen-bond acceptors (Lipinski definition) is 5. The van der Waals surface area contributed by atoms with E-state index in [-0.39, 0.29) is 35.5 Å². The molecule has 4 unspecified atom stereocenters. The average molecular weight is 416 g/mol. The molecule has 1 aliphatic heterocycles. The highest BCUT2D eigenvalue weighted by atomic mass is 32.1. The Kier molecular flexibility index (Phi) is 5.72. The van der Waals surface area contributed by atoms with Crippen molar-refractivity contribution in [3.63, 3.8) is 0 Å². The number of carbonyl (C=O) groups is 2. The number of guanidine groups is 1. The molecule has 29 heavy (non-hydrogen) atoms. The van der Waals surface area contributed by atoms with E-state index in [4.69, 9.17) is 0 Å². The van der Waals surface area contributed by atoms with Crippen molar-refractivity contribution >= 4 is 29.1 Å². The molecule has 4 rings (SSSR count). The number of aliphatic imine (C=N–C) groups is 1. The summed E-state index contributed by atoms with van der Waals surface area (Å²) in [6.07, 6.45) is 7.02. The Bertz CT molecular complexity index is 831. The summed E-state index contributed by atoms with van der Waals surface area (Å²) in [7, 11) is 1.72. The summed E-state index contributed by atoms with van der Waals surface area (Å²) in [5, 5.41) is 7.63. The molecule has 2 fully saturated rings. The molecule has 3 aliphatic rings. The molecule has 1 aromatic heterocycles. The molecule has 156 valence electrons. The van der Waals surface area contributed by atoms with E-state index in [9.17, 15) is 9.59 Å². The summed E-state index contributed by atoms with van der Waals surface area (Å²) in [5.41, 5.74) is 1.18. The van der Waals surface area contributed by atoms with Crippen molar-refractivity contribution in [1.82, 2.24) is 20.5 Å². The Morgan fingerprint density at radius 3 is 2.45 bits per heavy atom. The minimum Gasteiger partial charge on any atom is -0.356 e. The lowest BCUT2D eigenvalue weighted by atomic mass is 9.85. The smallest absolute Gasteiger partial charge is 0.233 e. The van der Waals surface area contributed by atoms with Crippen LogP contribution in [0.15, 0.2) is 17.1 Å². The number of hydrogen-bond donors (Lipinski definition) is 2. The van der Waals surface area contributed by atoms with Gasteiger partial charge in [0.05, 0.1) is 22.5 Å². The van der Waals surface area contributed by atoms with Crippen LogP contribution in [0.1, 0.15) is 28.9 Å². The maximum Gasteiger partial charge on any atom is 0.233 e. The normalized spacial score (nSPS) is 27.8. The second-order valence-corrected chi connectivity index (χ2v) is 9.26. The summed E-state index contributed by atoms with van der Waals surface area (Å²) in [5.74, 6) is 0.970. The van der Waals surface area contributed by atoms with Gasteiger partial charge in [-0.1, -0.05) is 19.1 Å². The first-order valence-electron chi connectivity index (χ1n) is 10.5. The zero-order chi connectivity index (χ0) is 20.5. The fourth-order valence-corrected chi connectivity index (χ4v) is 5.92. The fraction of sp³-hybridized carbons (Fsp3) is 0.619. The van der Waals surface area contributed by atoms with E-state index in [1.807, 2.05) is 0 Å². The summed E-state index contributed by atoms with van der Waals surface area (Å²) >= 11 is 1.75. The lowest BCUT2D eigenvalue weighted by Crippen LogP contribution is -2.44. The van der Waals surface area contributed by atoms with Gasteiger partial charge >= 0.3 is 0 Å². The minimum absolute atomic E-state index is 0.00691. The molecular weight excluding hydrogens is 386 g/mol. The van der Waals surface area contributed by atoms with E-state index in [1.165, 1.54) is 15.5 Å². The van der Waals surface area contributed by atoms with Crippen molar-refractivity contribution in [2.24, 2.45) is 28.7 Å². The summed E-state index contributed by atoms with van der Waals surface area (Å²) in [6, 6.07) is 0. The van der Waals surface area contributed by atoms with Gasteiger partial charge in [-0.15, -0.1) is 11.3 Å². The van der Waals surface area contributed by atoms with Gasteiger partial charge in [0.2, 0.25) is 11.8 Å². The number of allylic oxidation sites excluding steroid dienone is 2. The molecule has 7 nitrogen and oxygen atoms in total. The molecule has 2 aliphatic carbocycles. The van der Waals surface area contributed by atoms with E-state index in [1.54, 1.807) is 18.4 Å². The van der Waals surface area contributed by atoms with E-state index in [0.717, 1.165) is 30.8 Å². The zero-order valence-electron chi connectivity index (χ0n) is 17.3. The number of amides is 2. The largest absolute Gasteiger partial charge is 0.356 e. The molecule has 2 N–H and O–H groups in total. The van der Waals surface area contributed by atoms with Crippen LogP contribution >= 0.6 is 11.3 Å². The molecule has 4 atom stereocenters. The highest BCUT2D eigenvalue weighted by Crippen LogP contribution is 2.52. The van der Waals surface area contributed by atoms with Gasteiger partial charge in [-0.25, -0.2) is 4.98 Å². The molecule has 0 spiro atoms. The predicted molar refractivity (Wildman–Crippen MR) is 114 cm³/mol. The Labute approximate surface area is 175 Å². The van der Waals surface area contributed by atoms with E-state index >= 15 is 0 Å². The van der Waals surface area contributed by atoms with Gasteiger partial charge in [-0.2, -0.15) is 0 Å². The zero-order valence-corrected chi connectivity index (χ0v) is 18.1. The standard InChI is InChI=1S/C21H29N5O2S/c1-4-15-12(2)29-16(25-15)7-8-23-21(22-3)24-9-10-26-19(27)17-13-5-6-14(11-13)18(17)20(26)28/h5-6,13-14,17-18H,4,7-11H2,1-3H3,(H2,22,23,24). The van der Waals surface area contributed by atoms with Gasteiger partial charge in [-0.05, 0) is 31.6 Å². The second kappa shape index (κ2) is 8.26. The number of imide groups is 1. The SMILES string of the molecule is CCc1nc(CCNC(=NC)NCCN2C(=O)C3C4C=CC(C4)C3C2=O)sc1C. The Morgan fingerprint density at radius 2 is 1.86 bits per heavy atom. The van der Waals surface area contributed by atoms with Gasteiger partial charge < -0.3 is 10.6 Å². The Hall–Kier alpha value is -2.22. The summed E-state index contributed by atoms with van der Waals surface area (Å²) < 4.78 is 0. The maximum atomic E-state index is 12.7. The van der Waals surface area contributed by atoms with Crippen LogP contribution in [0.2, 0.25) is 0 Å². The number of aryl methyl sites for hydroxylation is 2. The minimum atomic E-state index is -0.121. The van der Waals surface area contributed by atoms with Crippen LogP contribution in [0, 0.1) is 30.6 Å². The van der Waals surface area contributed by atoms with Crippen molar-refractivity contribution in [1.29, 1.82) is 0 Å². The molecule has 8 heteroatoms. The third-order valence-electron chi connectivity index (χ3n) is 6.32. The quantitative estimate of drug-likeness (QED) is 0.305. The van der Waals surface area contributed by atoms with Crippen molar-refractivity contribution in [3.8, 4) is 0 Å². The predicted octanol–water partition coefficient (Wildman–Crippen LogP) is 1.53. The molecule has 2 heterocycles. The number of fused-ring (bicyclic) bond motifs is 5.